The molecule has 4 rings (SSSR count). The van der Waals surface area contributed by atoms with Crippen molar-refractivity contribution in [3.8, 4) is 11.3 Å². The van der Waals surface area contributed by atoms with Crippen LogP contribution >= 0.6 is 11.6 Å². The Balaban J connectivity index is 1.55. The highest BCUT2D eigenvalue weighted by atomic mass is 35.5. The summed E-state index contributed by atoms with van der Waals surface area (Å²) < 4.78 is 1.98. The van der Waals surface area contributed by atoms with Crippen molar-refractivity contribution < 1.29 is 0 Å². The van der Waals surface area contributed by atoms with Gasteiger partial charge < -0.3 is 0 Å². The molecule has 4 nitrogen and oxygen atoms in total. The number of rotatable bonds is 5. The minimum atomic E-state index is 0.496. The van der Waals surface area contributed by atoms with Crippen molar-refractivity contribution in [2.45, 2.75) is 65.2 Å². The van der Waals surface area contributed by atoms with Crippen molar-refractivity contribution in [3.05, 3.63) is 28.9 Å². The number of aryl methyl sites for hydroxylation is 1. The summed E-state index contributed by atoms with van der Waals surface area (Å²) in [4.78, 5) is 9.41. The van der Waals surface area contributed by atoms with Crippen LogP contribution in [0.4, 0.5) is 0 Å². The Hall–Kier alpha value is -1.42. The lowest BCUT2D eigenvalue weighted by Crippen LogP contribution is -2.23. The van der Waals surface area contributed by atoms with Gasteiger partial charge in [-0.15, -0.1) is 0 Å². The second kappa shape index (κ2) is 6.95. The summed E-state index contributed by atoms with van der Waals surface area (Å²) in [7, 11) is 2.01. The van der Waals surface area contributed by atoms with Gasteiger partial charge in [0, 0.05) is 30.9 Å². The largest absolute Gasteiger partial charge is 0.272 e. The monoisotopic (exact) mass is 372 g/mol. The molecule has 0 aromatic carbocycles. The topological polar surface area (TPSA) is 43.6 Å². The summed E-state index contributed by atoms with van der Waals surface area (Å²) in [6, 6.07) is 0. The van der Waals surface area contributed by atoms with Gasteiger partial charge in [-0.1, -0.05) is 25.4 Å². The fourth-order valence-electron chi connectivity index (χ4n) is 4.11. The predicted octanol–water partition coefficient (Wildman–Crippen LogP) is 5.24. The van der Waals surface area contributed by atoms with Crippen molar-refractivity contribution in [2.75, 3.05) is 0 Å². The van der Waals surface area contributed by atoms with Crippen LogP contribution in [-0.2, 0) is 19.9 Å². The Kier molecular flexibility index (Phi) is 4.81. The molecule has 2 aromatic heterocycles. The van der Waals surface area contributed by atoms with Crippen LogP contribution in [0.1, 0.15) is 63.9 Å². The normalized spacial score (nSPS) is 20.5. The van der Waals surface area contributed by atoms with Gasteiger partial charge in [-0.25, -0.2) is 9.97 Å². The fraction of sp³-hybridized carbons (Fsp3) is 0.667. The second-order valence-electron chi connectivity index (χ2n) is 9.07. The maximum absolute atomic E-state index is 6.48. The summed E-state index contributed by atoms with van der Waals surface area (Å²) in [5.74, 6) is 2.42. The molecule has 0 amide bonds. The molecule has 5 heteroatoms. The third-order valence-corrected chi connectivity index (χ3v) is 6.50. The number of nitrogens with zero attached hydrogens (tertiary/aromatic N) is 4. The van der Waals surface area contributed by atoms with E-state index in [0.29, 0.717) is 16.4 Å². The van der Waals surface area contributed by atoms with Gasteiger partial charge in [0.1, 0.15) is 5.82 Å². The SMILES string of the molecule is Cn1ncc(-c2nc(CC3CCC(C)(C)CC3)ncc2Cl)c1CC1CC1. The molecule has 2 saturated carbocycles. The van der Waals surface area contributed by atoms with Crippen LogP contribution < -0.4 is 0 Å². The average Bonchev–Trinajstić information content (AvgIpc) is 3.35. The van der Waals surface area contributed by atoms with E-state index in [1.54, 1.807) is 6.20 Å². The van der Waals surface area contributed by atoms with Crippen molar-refractivity contribution in [2.24, 2.45) is 24.3 Å². The number of aromatic nitrogens is 4. The van der Waals surface area contributed by atoms with Crippen LogP contribution in [0.5, 0.6) is 0 Å². The van der Waals surface area contributed by atoms with Gasteiger partial charge in [-0.2, -0.15) is 5.10 Å². The first-order valence-electron chi connectivity index (χ1n) is 9.94. The van der Waals surface area contributed by atoms with Gasteiger partial charge in [0.15, 0.2) is 0 Å². The molecule has 2 aliphatic rings. The molecule has 0 N–H and O–H groups in total. The highest BCUT2D eigenvalue weighted by molar-refractivity contribution is 6.32. The maximum Gasteiger partial charge on any atom is 0.129 e. The molecular formula is C21H29ClN4. The van der Waals surface area contributed by atoms with Crippen LogP contribution in [0.2, 0.25) is 5.02 Å². The van der Waals surface area contributed by atoms with Gasteiger partial charge in [-0.3, -0.25) is 4.68 Å². The van der Waals surface area contributed by atoms with E-state index in [4.69, 9.17) is 16.6 Å². The van der Waals surface area contributed by atoms with Gasteiger partial charge in [0.05, 0.1) is 16.9 Å². The lowest BCUT2D eigenvalue weighted by molar-refractivity contribution is 0.189. The van der Waals surface area contributed by atoms with Crippen LogP contribution in [0, 0.1) is 17.3 Å². The first-order valence-corrected chi connectivity index (χ1v) is 10.3. The summed E-state index contributed by atoms with van der Waals surface area (Å²) in [6.45, 7) is 4.76. The van der Waals surface area contributed by atoms with E-state index in [1.807, 2.05) is 17.9 Å². The Bertz CT molecular complexity index is 781. The molecule has 2 aromatic rings. The number of halogens is 1. The summed E-state index contributed by atoms with van der Waals surface area (Å²) in [5, 5.41) is 5.10. The number of hydrogen-bond donors (Lipinski definition) is 0. The zero-order valence-electron chi connectivity index (χ0n) is 16.1. The van der Waals surface area contributed by atoms with Gasteiger partial charge in [0.25, 0.3) is 0 Å². The molecule has 2 aliphatic carbocycles. The van der Waals surface area contributed by atoms with Crippen molar-refractivity contribution in [1.82, 2.24) is 19.7 Å². The molecule has 0 bridgehead atoms. The lowest BCUT2D eigenvalue weighted by atomic mass is 9.72. The molecule has 2 fully saturated rings. The minimum Gasteiger partial charge on any atom is -0.272 e. The third-order valence-electron chi connectivity index (χ3n) is 6.22. The van der Waals surface area contributed by atoms with E-state index in [9.17, 15) is 0 Å². The molecule has 0 unspecified atom stereocenters. The van der Waals surface area contributed by atoms with Crippen LogP contribution in [0.25, 0.3) is 11.3 Å². The Morgan fingerprint density at radius 1 is 1.08 bits per heavy atom. The van der Waals surface area contributed by atoms with Crippen molar-refractivity contribution in [3.63, 3.8) is 0 Å². The molecule has 26 heavy (non-hydrogen) atoms. The predicted molar refractivity (Wildman–Crippen MR) is 105 cm³/mol. The summed E-state index contributed by atoms with van der Waals surface area (Å²) in [6.07, 6.45) is 13.5. The molecule has 0 aliphatic heterocycles. The molecular weight excluding hydrogens is 344 g/mol. The van der Waals surface area contributed by atoms with Crippen molar-refractivity contribution >= 4 is 11.6 Å². The van der Waals surface area contributed by atoms with Gasteiger partial charge >= 0.3 is 0 Å². The standard InChI is InChI=1S/C21H29ClN4/c1-21(2)8-6-15(7-9-21)11-19-23-13-17(22)20(25-19)16-12-24-26(3)18(16)10-14-4-5-14/h12-15H,4-11H2,1-3H3. The van der Waals surface area contributed by atoms with Crippen LogP contribution in [0.15, 0.2) is 12.4 Å². The Morgan fingerprint density at radius 2 is 1.77 bits per heavy atom. The smallest absolute Gasteiger partial charge is 0.129 e. The van der Waals surface area contributed by atoms with Gasteiger partial charge in [-0.05, 0) is 62.2 Å². The van der Waals surface area contributed by atoms with Crippen LogP contribution in [-0.4, -0.2) is 19.7 Å². The average molecular weight is 373 g/mol. The molecule has 0 atom stereocenters. The van der Waals surface area contributed by atoms with Crippen molar-refractivity contribution in [1.29, 1.82) is 0 Å². The Labute approximate surface area is 161 Å². The fourth-order valence-corrected chi connectivity index (χ4v) is 4.30. The molecule has 0 radical (unpaired) electrons. The summed E-state index contributed by atoms with van der Waals surface area (Å²) in [5.41, 5.74) is 3.68. The highest BCUT2D eigenvalue weighted by Crippen LogP contribution is 2.39. The van der Waals surface area contributed by atoms with Gasteiger partial charge in [0.2, 0.25) is 0 Å². The lowest BCUT2D eigenvalue weighted by Gasteiger charge is -2.34. The zero-order chi connectivity index (χ0) is 18.3. The molecule has 140 valence electrons. The first-order chi connectivity index (χ1) is 12.4. The second-order valence-corrected chi connectivity index (χ2v) is 9.48. The van der Waals surface area contributed by atoms with E-state index < -0.39 is 0 Å². The maximum atomic E-state index is 6.48. The quantitative estimate of drug-likeness (QED) is 0.720. The van der Waals surface area contributed by atoms with E-state index in [1.165, 1.54) is 44.2 Å². The van der Waals surface area contributed by atoms with E-state index in [0.717, 1.165) is 35.8 Å². The van der Waals surface area contributed by atoms with E-state index in [-0.39, 0.29) is 0 Å². The number of hydrogen-bond acceptors (Lipinski definition) is 3. The van der Waals surface area contributed by atoms with Crippen LogP contribution in [0.3, 0.4) is 0 Å². The highest BCUT2D eigenvalue weighted by Gasteiger charge is 2.28. The molecule has 0 saturated heterocycles. The third kappa shape index (κ3) is 3.95. The van der Waals surface area contributed by atoms with E-state index >= 15 is 0 Å². The van der Waals surface area contributed by atoms with E-state index in [2.05, 4.69) is 23.9 Å². The Morgan fingerprint density at radius 3 is 2.46 bits per heavy atom. The molecule has 0 spiro atoms. The minimum absolute atomic E-state index is 0.496. The zero-order valence-corrected chi connectivity index (χ0v) is 16.9. The molecule has 2 heterocycles. The summed E-state index contributed by atoms with van der Waals surface area (Å²) >= 11 is 6.48. The first kappa shape index (κ1) is 18.0.